The van der Waals surface area contributed by atoms with Gasteiger partial charge in [-0.3, -0.25) is 41.5 Å². The van der Waals surface area contributed by atoms with Gasteiger partial charge in [-0.05, 0) is 47.5 Å². The minimum Gasteiger partial charge on any atom is -0.478 e. The molecular formula is C29H26N6O10. The van der Waals surface area contributed by atoms with E-state index >= 15 is 0 Å². The number of nitrogens with zero attached hydrogens (tertiary/aromatic N) is 2. The van der Waals surface area contributed by atoms with Crippen LogP contribution in [0.4, 0.5) is 22.7 Å². The van der Waals surface area contributed by atoms with Crippen LogP contribution in [0.2, 0.25) is 0 Å². The van der Waals surface area contributed by atoms with Crippen LogP contribution in [0.15, 0.2) is 84.9 Å². The molecule has 0 heterocycles. The van der Waals surface area contributed by atoms with Crippen LogP contribution in [0.3, 0.4) is 0 Å². The Hall–Kier alpha value is -6.52. The number of aromatic carboxylic acids is 2. The predicted octanol–water partition coefficient (Wildman–Crippen LogP) is 4.27. The van der Waals surface area contributed by atoms with Crippen molar-refractivity contribution in [2.24, 2.45) is 11.7 Å². The van der Waals surface area contributed by atoms with Gasteiger partial charge in [0.25, 0.3) is 11.4 Å². The Bertz CT molecular complexity index is 1610. The molecule has 8 N–H and O–H groups in total. The Morgan fingerprint density at radius 1 is 0.667 bits per heavy atom. The quantitative estimate of drug-likeness (QED) is 0.0503. The lowest BCUT2D eigenvalue weighted by Gasteiger charge is -2.11. The topological polar surface area (TPSA) is 271 Å². The monoisotopic (exact) mass is 618 g/mol. The molecule has 0 spiro atoms. The lowest BCUT2D eigenvalue weighted by molar-refractivity contribution is -0.385. The Balaban J connectivity index is 0.000000273. The molecule has 0 aliphatic rings. The van der Waals surface area contributed by atoms with Gasteiger partial charge in [-0.2, -0.15) is 0 Å². The minimum absolute atomic E-state index is 0.0309. The number of ketones is 1. The molecule has 4 aromatic carbocycles. The van der Waals surface area contributed by atoms with Crippen molar-refractivity contribution < 1.29 is 39.2 Å². The van der Waals surface area contributed by atoms with E-state index in [0.29, 0.717) is 22.3 Å². The number of aldehydes is 1. The number of nitrogens with two attached hydrogens (primary N) is 2. The fourth-order valence-electron chi connectivity index (χ4n) is 3.78. The van der Waals surface area contributed by atoms with Crippen molar-refractivity contribution in [3.63, 3.8) is 0 Å². The second-order valence-corrected chi connectivity index (χ2v) is 8.69. The second-order valence-electron chi connectivity index (χ2n) is 8.69. The van der Waals surface area contributed by atoms with Gasteiger partial charge < -0.3 is 21.1 Å². The zero-order chi connectivity index (χ0) is 33.7. The van der Waals surface area contributed by atoms with E-state index in [1.807, 2.05) is 0 Å². The molecule has 0 amide bonds. The molecule has 0 unspecified atom stereocenters. The standard InChI is InChI=1S/2C13H11N3O4.C3H4O2/c2*14-15-12-10(2-1-3-11(12)13(17)18)8-4-6-9(7-5-8)16(19)20;1-3(5)2-4/h2*1-7,15H,14H2,(H,17,18);2H,1H3. The number of rotatable bonds is 9. The molecule has 0 saturated carbocycles. The van der Waals surface area contributed by atoms with Crippen LogP contribution >= 0.6 is 0 Å². The van der Waals surface area contributed by atoms with Crippen molar-refractivity contribution in [3.8, 4) is 22.3 Å². The van der Waals surface area contributed by atoms with Gasteiger partial charge in [0.1, 0.15) is 0 Å². The second kappa shape index (κ2) is 16.2. The molecule has 0 aliphatic heterocycles. The number of hydrazine groups is 2. The van der Waals surface area contributed by atoms with Crippen molar-refractivity contribution in [2.75, 3.05) is 10.9 Å². The lowest BCUT2D eigenvalue weighted by Crippen LogP contribution is -2.13. The Labute approximate surface area is 254 Å². The minimum atomic E-state index is -1.11. The molecule has 16 nitrogen and oxygen atoms in total. The third-order valence-electron chi connectivity index (χ3n) is 5.82. The molecule has 0 saturated heterocycles. The summed E-state index contributed by atoms with van der Waals surface area (Å²) in [6.45, 7) is 1.22. The molecule has 0 radical (unpaired) electrons. The number of nitro groups is 2. The summed E-state index contributed by atoms with van der Waals surface area (Å²) in [6, 6.07) is 20.9. The highest BCUT2D eigenvalue weighted by Crippen LogP contribution is 2.32. The number of nitrogen functional groups attached to an aromatic ring is 2. The van der Waals surface area contributed by atoms with Gasteiger partial charge in [0, 0.05) is 42.3 Å². The zero-order valence-corrected chi connectivity index (χ0v) is 23.4. The summed E-state index contributed by atoms with van der Waals surface area (Å²) in [7, 11) is 0. The summed E-state index contributed by atoms with van der Waals surface area (Å²) < 4.78 is 0. The van der Waals surface area contributed by atoms with Gasteiger partial charge in [-0.25, -0.2) is 9.59 Å². The van der Waals surface area contributed by atoms with Gasteiger partial charge in [-0.15, -0.1) is 0 Å². The number of carbonyl (C=O) groups is 4. The highest BCUT2D eigenvalue weighted by Gasteiger charge is 2.16. The van der Waals surface area contributed by atoms with E-state index in [4.69, 9.17) is 26.7 Å². The first-order valence-electron chi connectivity index (χ1n) is 12.5. The van der Waals surface area contributed by atoms with E-state index in [2.05, 4.69) is 10.9 Å². The Morgan fingerprint density at radius 3 is 1.20 bits per heavy atom. The van der Waals surface area contributed by atoms with E-state index in [1.165, 1.54) is 43.3 Å². The summed E-state index contributed by atoms with van der Waals surface area (Å²) in [5.41, 5.74) is 7.62. The number of nitro benzene ring substituents is 2. The van der Waals surface area contributed by atoms with Crippen LogP contribution in [0.1, 0.15) is 27.6 Å². The molecule has 0 aliphatic carbocycles. The number of benzene rings is 4. The average molecular weight is 619 g/mol. The molecule has 0 aromatic heterocycles. The van der Waals surface area contributed by atoms with Gasteiger partial charge in [0.15, 0.2) is 12.1 Å². The number of anilines is 2. The third kappa shape index (κ3) is 9.23. The largest absolute Gasteiger partial charge is 0.478 e. The van der Waals surface area contributed by atoms with Gasteiger partial charge in [0.05, 0.1) is 32.3 Å². The van der Waals surface area contributed by atoms with Crippen LogP contribution in [0.5, 0.6) is 0 Å². The van der Waals surface area contributed by atoms with Crippen LogP contribution in [0.25, 0.3) is 22.3 Å². The fourth-order valence-corrected chi connectivity index (χ4v) is 3.78. The van der Waals surface area contributed by atoms with Crippen LogP contribution in [0, 0.1) is 20.2 Å². The molecule has 4 rings (SSSR count). The number of carboxylic acid groups (broad SMARTS) is 2. The Kier molecular flexibility index (Phi) is 12.5. The first kappa shape index (κ1) is 34.7. The lowest BCUT2D eigenvalue weighted by atomic mass is 10.00. The summed E-state index contributed by atoms with van der Waals surface area (Å²) >= 11 is 0. The molecular weight excluding hydrogens is 592 g/mol. The maximum Gasteiger partial charge on any atom is 0.337 e. The average Bonchev–Trinajstić information content (AvgIpc) is 3.04. The smallest absolute Gasteiger partial charge is 0.337 e. The van der Waals surface area contributed by atoms with E-state index in [1.54, 1.807) is 48.5 Å². The first-order valence-corrected chi connectivity index (χ1v) is 12.5. The van der Waals surface area contributed by atoms with Gasteiger partial charge in [-0.1, -0.05) is 24.3 Å². The number of hydrogen-bond donors (Lipinski definition) is 6. The number of hydrogen-bond acceptors (Lipinski definition) is 12. The summed E-state index contributed by atoms with van der Waals surface area (Å²) in [4.78, 5) is 61.1. The molecule has 45 heavy (non-hydrogen) atoms. The predicted molar refractivity (Wildman–Crippen MR) is 163 cm³/mol. The summed E-state index contributed by atoms with van der Waals surface area (Å²) in [5.74, 6) is 8.12. The Morgan fingerprint density at radius 2 is 0.978 bits per heavy atom. The zero-order valence-electron chi connectivity index (χ0n) is 23.4. The molecule has 0 fully saturated rings. The van der Waals surface area contributed by atoms with Crippen molar-refractivity contribution in [1.29, 1.82) is 0 Å². The maximum atomic E-state index is 11.1. The third-order valence-corrected chi connectivity index (χ3v) is 5.82. The first-order chi connectivity index (χ1) is 21.4. The number of nitrogens with one attached hydrogen (secondary N) is 2. The van der Waals surface area contributed by atoms with Crippen LogP contribution < -0.4 is 22.5 Å². The summed E-state index contributed by atoms with van der Waals surface area (Å²) in [5, 5.41) is 39.4. The van der Waals surface area contributed by atoms with Gasteiger partial charge in [0.2, 0.25) is 0 Å². The van der Waals surface area contributed by atoms with E-state index in [9.17, 15) is 34.6 Å². The maximum absolute atomic E-state index is 11.1. The van der Waals surface area contributed by atoms with E-state index in [0.717, 1.165) is 0 Å². The molecule has 232 valence electrons. The van der Waals surface area contributed by atoms with Crippen molar-refractivity contribution in [1.82, 2.24) is 0 Å². The molecule has 0 atom stereocenters. The molecule has 16 heteroatoms. The number of para-hydroxylation sites is 2. The van der Waals surface area contributed by atoms with Gasteiger partial charge >= 0.3 is 11.9 Å². The van der Waals surface area contributed by atoms with Crippen molar-refractivity contribution >= 4 is 46.8 Å². The highest BCUT2D eigenvalue weighted by molar-refractivity contribution is 6.23. The number of Topliss-reactive ketones (excluding diaryl/α,β-unsaturated/α-hetero) is 1. The highest BCUT2D eigenvalue weighted by atomic mass is 16.6. The van der Waals surface area contributed by atoms with E-state index in [-0.39, 0.29) is 40.2 Å². The fraction of sp³-hybridized carbons (Fsp3) is 0.0345. The summed E-state index contributed by atoms with van der Waals surface area (Å²) in [6.07, 6.45) is 0.278. The van der Waals surface area contributed by atoms with Crippen LogP contribution in [-0.4, -0.2) is 44.1 Å². The van der Waals surface area contributed by atoms with Crippen molar-refractivity contribution in [3.05, 3.63) is 116 Å². The molecule has 4 aromatic rings. The van der Waals surface area contributed by atoms with Crippen molar-refractivity contribution in [2.45, 2.75) is 6.92 Å². The number of non-ortho nitro benzene ring substituents is 2. The SMILES string of the molecule is CC(=O)C=O.NNc1c(C(=O)O)cccc1-c1ccc([N+](=O)[O-])cc1.NNc1c(C(=O)O)cccc1-c1ccc([N+](=O)[O-])cc1. The van der Waals surface area contributed by atoms with Crippen LogP contribution in [-0.2, 0) is 9.59 Å². The van der Waals surface area contributed by atoms with E-state index < -0.39 is 27.6 Å². The molecule has 0 bridgehead atoms. The normalized spacial score (nSPS) is 9.67. The number of carbonyl (C=O) groups excluding carboxylic acids is 2. The number of carboxylic acids is 2.